The summed E-state index contributed by atoms with van der Waals surface area (Å²) in [7, 11) is 3.13. The normalized spacial score (nSPS) is 12.6. The molecule has 0 aliphatic heterocycles. The van der Waals surface area contributed by atoms with Gasteiger partial charge in [0.25, 0.3) is 0 Å². The van der Waals surface area contributed by atoms with E-state index < -0.39 is 29.4 Å². The fourth-order valence-electron chi connectivity index (χ4n) is 2.62. The van der Waals surface area contributed by atoms with Crippen LogP contribution < -0.4 is 10.6 Å². The molecule has 1 atom stereocenters. The number of carbonyl (C=O) groups excluding carboxylic acids is 1. The minimum Gasteiger partial charge on any atom is -0.350 e. The topological polar surface area (TPSA) is 56.7 Å². The summed E-state index contributed by atoms with van der Waals surface area (Å²) in [6.45, 7) is 1.35. The van der Waals surface area contributed by atoms with Crippen LogP contribution in [0.15, 0.2) is 47.5 Å². The molecule has 0 fully saturated rings. The van der Waals surface area contributed by atoms with Gasteiger partial charge in [-0.1, -0.05) is 18.2 Å². The molecule has 0 spiro atoms. The van der Waals surface area contributed by atoms with Crippen LogP contribution in [0.25, 0.3) is 0 Å². The van der Waals surface area contributed by atoms with Gasteiger partial charge in [0.15, 0.2) is 5.96 Å². The number of carbonyl (C=O) groups is 1. The molecule has 0 aromatic heterocycles. The number of benzene rings is 2. The second kappa shape index (κ2) is 12.0. The Kier molecular flexibility index (Phi) is 10.3. The van der Waals surface area contributed by atoms with Crippen molar-refractivity contribution in [2.45, 2.75) is 25.7 Å². The Labute approximate surface area is 200 Å². The SMILES string of the molecule is CC(NC(=NCc1cccc(C(F)(F)F)c1)NCC(=O)N(C)C)c1ccc(F)cc1F.I. The molecule has 0 saturated carbocycles. The third kappa shape index (κ3) is 8.24. The first-order valence-electron chi connectivity index (χ1n) is 9.33. The third-order valence-electron chi connectivity index (χ3n) is 4.36. The van der Waals surface area contributed by atoms with Gasteiger partial charge in [0.2, 0.25) is 5.91 Å². The van der Waals surface area contributed by atoms with Crippen molar-refractivity contribution in [1.29, 1.82) is 0 Å². The molecule has 0 heterocycles. The van der Waals surface area contributed by atoms with E-state index in [0.29, 0.717) is 5.56 Å². The number of rotatable bonds is 6. The fourth-order valence-corrected chi connectivity index (χ4v) is 2.62. The van der Waals surface area contributed by atoms with Gasteiger partial charge in [-0.2, -0.15) is 13.2 Å². The van der Waals surface area contributed by atoms with E-state index in [9.17, 15) is 26.7 Å². The number of likely N-dealkylation sites (N-methyl/N-ethyl adjacent to an activating group) is 1. The average Bonchev–Trinajstić information content (AvgIpc) is 2.69. The van der Waals surface area contributed by atoms with Crippen LogP contribution in [-0.4, -0.2) is 37.4 Å². The van der Waals surface area contributed by atoms with E-state index in [1.807, 2.05) is 0 Å². The van der Waals surface area contributed by atoms with E-state index in [-0.39, 0.29) is 54.5 Å². The minimum absolute atomic E-state index is 0. The molecule has 0 aliphatic carbocycles. The minimum atomic E-state index is -4.48. The highest BCUT2D eigenvalue weighted by Crippen LogP contribution is 2.29. The second-order valence-corrected chi connectivity index (χ2v) is 7.04. The molecule has 32 heavy (non-hydrogen) atoms. The molecule has 176 valence electrons. The molecule has 2 N–H and O–H groups in total. The molecule has 0 aliphatic rings. The van der Waals surface area contributed by atoms with Gasteiger partial charge in [-0.3, -0.25) is 4.79 Å². The molecule has 0 saturated heterocycles. The second-order valence-electron chi connectivity index (χ2n) is 7.04. The van der Waals surface area contributed by atoms with Crippen molar-refractivity contribution in [3.8, 4) is 0 Å². The molecule has 0 radical (unpaired) electrons. The molecule has 1 amide bonds. The predicted octanol–water partition coefficient (Wildman–Crippen LogP) is 4.49. The summed E-state index contributed by atoms with van der Waals surface area (Å²) < 4.78 is 66.0. The van der Waals surface area contributed by atoms with E-state index in [2.05, 4.69) is 15.6 Å². The van der Waals surface area contributed by atoms with Gasteiger partial charge >= 0.3 is 6.18 Å². The van der Waals surface area contributed by atoms with Crippen molar-refractivity contribution in [3.05, 3.63) is 70.8 Å². The van der Waals surface area contributed by atoms with Gasteiger partial charge in [0, 0.05) is 25.7 Å². The van der Waals surface area contributed by atoms with Crippen LogP contribution in [0.3, 0.4) is 0 Å². The molecule has 11 heteroatoms. The number of nitrogens with zero attached hydrogens (tertiary/aromatic N) is 2. The number of alkyl halides is 3. The van der Waals surface area contributed by atoms with Crippen LogP contribution >= 0.6 is 24.0 Å². The van der Waals surface area contributed by atoms with E-state index in [1.54, 1.807) is 21.0 Å². The lowest BCUT2D eigenvalue weighted by molar-refractivity contribution is -0.137. The molecule has 0 bridgehead atoms. The Morgan fingerprint density at radius 2 is 1.81 bits per heavy atom. The molecular formula is C21H24F5IN4O. The monoisotopic (exact) mass is 570 g/mol. The van der Waals surface area contributed by atoms with Crippen molar-refractivity contribution < 1.29 is 26.7 Å². The highest BCUT2D eigenvalue weighted by molar-refractivity contribution is 14.0. The van der Waals surface area contributed by atoms with Crippen molar-refractivity contribution in [3.63, 3.8) is 0 Å². The van der Waals surface area contributed by atoms with Gasteiger partial charge in [-0.05, 0) is 30.7 Å². The number of guanidine groups is 1. The van der Waals surface area contributed by atoms with Crippen LogP contribution in [0.5, 0.6) is 0 Å². The predicted molar refractivity (Wildman–Crippen MR) is 123 cm³/mol. The van der Waals surface area contributed by atoms with E-state index in [0.717, 1.165) is 24.3 Å². The van der Waals surface area contributed by atoms with Gasteiger partial charge < -0.3 is 15.5 Å². The fraction of sp³-hybridized carbons (Fsp3) is 0.333. The highest BCUT2D eigenvalue weighted by atomic mass is 127. The lowest BCUT2D eigenvalue weighted by atomic mass is 10.1. The van der Waals surface area contributed by atoms with Gasteiger partial charge in [0.1, 0.15) is 11.6 Å². The Hall–Kier alpha value is -2.44. The summed E-state index contributed by atoms with van der Waals surface area (Å²) >= 11 is 0. The van der Waals surface area contributed by atoms with E-state index >= 15 is 0 Å². The number of amides is 1. The van der Waals surface area contributed by atoms with Crippen LogP contribution in [0.1, 0.15) is 29.7 Å². The van der Waals surface area contributed by atoms with Crippen molar-refractivity contribution in [1.82, 2.24) is 15.5 Å². The molecular weight excluding hydrogens is 546 g/mol. The molecule has 1 unspecified atom stereocenters. The lowest BCUT2D eigenvalue weighted by Gasteiger charge is -2.20. The Balaban J connectivity index is 0.00000512. The average molecular weight is 570 g/mol. The van der Waals surface area contributed by atoms with E-state index in [1.165, 1.54) is 23.1 Å². The number of hydrogen-bond donors (Lipinski definition) is 2. The summed E-state index contributed by atoms with van der Waals surface area (Å²) in [5.74, 6) is -1.67. The Bertz CT molecular complexity index is 950. The maximum atomic E-state index is 14.1. The van der Waals surface area contributed by atoms with Gasteiger partial charge in [-0.25, -0.2) is 13.8 Å². The maximum absolute atomic E-state index is 14.1. The largest absolute Gasteiger partial charge is 0.416 e. The van der Waals surface area contributed by atoms with Gasteiger partial charge in [-0.15, -0.1) is 24.0 Å². The Morgan fingerprint density at radius 1 is 1.12 bits per heavy atom. The zero-order chi connectivity index (χ0) is 23.2. The van der Waals surface area contributed by atoms with Crippen LogP contribution in [-0.2, 0) is 17.5 Å². The highest BCUT2D eigenvalue weighted by Gasteiger charge is 2.30. The summed E-state index contributed by atoms with van der Waals surface area (Å²) in [5.41, 5.74) is -0.336. The van der Waals surface area contributed by atoms with Gasteiger partial charge in [0.05, 0.1) is 24.7 Å². The van der Waals surface area contributed by atoms with Crippen LogP contribution in [0.2, 0.25) is 0 Å². The van der Waals surface area contributed by atoms with Crippen molar-refractivity contribution in [2.24, 2.45) is 4.99 Å². The summed E-state index contributed by atoms with van der Waals surface area (Å²) in [6, 6.07) is 7.18. The maximum Gasteiger partial charge on any atom is 0.416 e. The number of hydrogen-bond acceptors (Lipinski definition) is 2. The number of nitrogens with one attached hydrogen (secondary N) is 2. The summed E-state index contributed by atoms with van der Waals surface area (Å²) in [6.07, 6.45) is -4.48. The number of aliphatic imine (C=N–C) groups is 1. The zero-order valence-electron chi connectivity index (χ0n) is 17.6. The first-order chi connectivity index (χ1) is 14.5. The summed E-state index contributed by atoms with van der Waals surface area (Å²) in [4.78, 5) is 17.4. The first-order valence-corrected chi connectivity index (χ1v) is 9.33. The standard InChI is InChI=1S/C21H23F5N4O.HI/c1-13(17-8-7-16(22)10-18(17)23)29-20(28-12-19(31)30(2)3)27-11-14-5-4-6-15(9-14)21(24,25)26;/h4-10,13H,11-12H2,1-3H3,(H2,27,28,29);1H. The van der Waals surface area contributed by atoms with Crippen molar-refractivity contribution >= 4 is 35.8 Å². The quantitative estimate of drug-likeness (QED) is 0.233. The summed E-state index contributed by atoms with van der Waals surface area (Å²) in [5, 5.41) is 5.66. The van der Waals surface area contributed by atoms with Crippen LogP contribution in [0, 0.1) is 11.6 Å². The molecule has 5 nitrogen and oxygen atoms in total. The zero-order valence-corrected chi connectivity index (χ0v) is 20.0. The van der Waals surface area contributed by atoms with E-state index in [4.69, 9.17) is 0 Å². The first kappa shape index (κ1) is 27.6. The lowest BCUT2D eigenvalue weighted by Crippen LogP contribution is -2.43. The smallest absolute Gasteiger partial charge is 0.350 e. The third-order valence-corrected chi connectivity index (χ3v) is 4.36. The van der Waals surface area contributed by atoms with Crippen LogP contribution in [0.4, 0.5) is 22.0 Å². The molecule has 2 aromatic rings. The molecule has 2 aromatic carbocycles. The Morgan fingerprint density at radius 3 is 2.41 bits per heavy atom. The molecule has 2 rings (SSSR count). The van der Waals surface area contributed by atoms with Crippen molar-refractivity contribution in [2.75, 3.05) is 20.6 Å². The number of halogens is 6.